The number of nitrogens with two attached hydrogens (primary N) is 1. The van der Waals surface area contributed by atoms with Gasteiger partial charge in [0, 0.05) is 11.4 Å². The molecule has 0 aromatic heterocycles. The predicted octanol–water partition coefficient (Wildman–Crippen LogP) is 3.16. The molecule has 1 heterocycles. The highest BCUT2D eigenvalue weighted by Crippen LogP contribution is 2.30. The van der Waals surface area contributed by atoms with Crippen LogP contribution in [0.5, 0.6) is 5.75 Å². The van der Waals surface area contributed by atoms with Crippen molar-refractivity contribution in [1.29, 1.82) is 0 Å². The van der Waals surface area contributed by atoms with Crippen molar-refractivity contribution in [2.45, 2.75) is 18.9 Å². The maximum absolute atomic E-state index is 13.4. The molecule has 110 valence electrons. The summed E-state index contributed by atoms with van der Waals surface area (Å²) < 4.78 is 18.9. The average molecular weight is 307 g/mol. The van der Waals surface area contributed by atoms with Crippen molar-refractivity contribution >= 4 is 11.6 Å². The molecule has 2 aromatic carbocycles. The number of hydrogen-bond acceptors (Lipinski definition) is 3. The Morgan fingerprint density at radius 3 is 2.95 bits per heavy atom. The fourth-order valence-corrected chi connectivity index (χ4v) is 2.81. The molecule has 5 heteroatoms. The number of rotatable bonds is 4. The summed E-state index contributed by atoms with van der Waals surface area (Å²) >= 11 is 6.12. The van der Waals surface area contributed by atoms with Crippen LogP contribution in [0.25, 0.3) is 0 Å². The van der Waals surface area contributed by atoms with Gasteiger partial charge in [0.15, 0.2) is 0 Å². The van der Waals surface area contributed by atoms with Crippen molar-refractivity contribution in [3.8, 4) is 5.75 Å². The first-order valence-electron chi connectivity index (χ1n) is 6.83. The van der Waals surface area contributed by atoms with E-state index in [4.69, 9.17) is 22.2 Å². The lowest BCUT2D eigenvalue weighted by Gasteiger charge is -2.18. The molecule has 21 heavy (non-hydrogen) atoms. The lowest BCUT2D eigenvalue weighted by atomic mass is 9.97. The third-order valence-electron chi connectivity index (χ3n) is 3.75. The molecule has 3 nitrogen and oxygen atoms in total. The van der Waals surface area contributed by atoms with E-state index >= 15 is 0 Å². The molecule has 0 aliphatic carbocycles. The first-order chi connectivity index (χ1) is 10.2. The molecule has 1 aliphatic heterocycles. The molecule has 1 atom stereocenters. The van der Waals surface area contributed by atoms with Crippen LogP contribution in [0, 0.1) is 5.82 Å². The molecule has 0 bridgehead atoms. The molecular weight excluding hydrogens is 291 g/mol. The zero-order valence-electron chi connectivity index (χ0n) is 11.4. The van der Waals surface area contributed by atoms with Gasteiger partial charge in [-0.3, -0.25) is 11.3 Å². The van der Waals surface area contributed by atoms with Crippen LogP contribution in [0.3, 0.4) is 0 Å². The van der Waals surface area contributed by atoms with Crippen LogP contribution in [-0.2, 0) is 12.8 Å². The standard InChI is InChI=1S/C16H16ClFN2O/c17-14-3-2-13(18)8-12(14)9-15(20-19)10-1-4-16-11(7-10)5-6-21-16/h1-4,7-8,15,20H,5-6,9,19H2. The number of fused-ring (bicyclic) bond motifs is 1. The summed E-state index contributed by atoms with van der Waals surface area (Å²) in [6.45, 7) is 0.717. The number of benzene rings is 2. The van der Waals surface area contributed by atoms with Gasteiger partial charge in [0.25, 0.3) is 0 Å². The molecule has 0 fully saturated rings. The van der Waals surface area contributed by atoms with Crippen LogP contribution in [0.4, 0.5) is 4.39 Å². The van der Waals surface area contributed by atoms with Gasteiger partial charge in [0.05, 0.1) is 12.6 Å². The van der Waals surface area contributed by atoms with Gasteiger partial charge in [0.2, 0.25) is 0 Å². The highest BCUT2D eigenvalue weighted by molar-refractivity contribution is 6.31. The number of hydrazine groups is 1. The van der Waals surface area contributed by atoms with E-state index in [1.807, 2.05) is 12.1 Å². The molecule has 0 saturated heterocycles. The van der Waals surface area contributed by atoms with Gasteiger partial charge in [-0.25, -0.2) is 4.39 Å². The van der Waals surface area contributed by atoms with E-state index in [1.165, 1.54) is 17.7 Å². The second-order valence-corrected chi connectivity index (χ2v) is 5.53. The maximum Gasteiger partial charge on any atom is 0.123 e. The number of nitrogens with one attached hydrogen (secondary N) is 1. The van der Waals surface area contributed by atoms with Gasteiger partial charge in [-0.05, 0) is 47.4 Å². The van der Waals surface area contributed by atoms with Crippen molar-refractivity contribution in [2.24, 2.45) is 5.84 Å². The average Bonchev–Trinajstić information content (AvgIpc) is 2.95. The van der Waals surface area contributed by atoms with E-state index in [-0.39, 0.29) is 11.9 Å². The van der Waals surface area contributed by atoms with Crippen LogP contribution in [0.15, 0.2) is 36.4 Å². The molecular formula is C16H16ClFN2O. The summed E-state index contributed by atoms with van der Waals surface area (Å²) in [7, 11) is 0. The third kappa shape index (κ3) is 3.02. The van der Waals surface area contributed by atoms with E-state index in [2.05, 4.69) is 11.5 Å². The Bertz CT molecular complexity index is 663. The van der Waals surface area contributed by atoms with E-state index in [0.717, 1.165) is 29.9 Å². The van der Waals surface area contributed by atoms with E-state index < -0.39 is 0 Å². The molecule has 0 amide bonds. The molecule has 0 spiro atoms. The van der Waals surface area contributed by atoms with Crippen molar-refractivity contribution in [3.05, 3.63) is 63.9 Å². The minimum Gasteiger partial charge on any atom is -0.493 e. The Morgan fingerprint density at radius 1 is 1.29 bits per heavy atom. The van der Waals surface area contributed by atoms with Crippen molar-refractivity contribution < 1.29 is 9.13 Å². The van der Waals surface area contributed by atoms with Crippen LogP contribution in [0.1, 0.15) is 22.7 Å². The third-order valence-corrected chi connectivity index (χ3v) is 4.12. The zero-order chi connectivity index (χ0) is 14.8. The van der Waals surface area contributed by atoms with Crippen molar-refractivity contribution in [2.75, 3.05) is 6.61 Å². The molecule has 1 aliphatic rings. The minimum atomic E-state index is -0.299. The Morgan fingerprint density at radius 2 is 2.14 bits per heavy atom. The summed E-state index contributed by atoms with van der Waals surface area (Å²) in [5.74, 6) is 6.30. The first kappa shape index (κ1) is 14.3. The summed E-state index contributed by atoms with van der Waals surface area (Å²) in [4.78, 5) is 0. The summed E-state index contributed by atoms with van der Waals surface area (Å²) in [5, 5.41) is 0.543. The topological polar surface area (TPSA) is 47.3 Å². The predicted molar refractivity (Wildman–Crippen MR) is 80.8 cm³/mol. The molecule has 3 N–H and O–H groups in total. The van der Waals surface area contributed by atoms with E-state index in [9.17, 15) is 4.39 Å². The summed E-state index contributed by atoms with van der Waals surface area (Å²) in [5.41, 5.74) is 5.74. The SMILES string of the molecule is NNC(Cc1cc(F)ccc1Cl)c1ccc2c(c1)CCO2. The monoisotopic (exact) mass is 306 g/mol. The van der Waals surface area contributed by atoms with Gasteiger partial charge < -0.3 is 4.74 Å². The van der Waals surface area contributed by atoms with Crippen molar-refractivity contribution in [3.63, 3.8) is 0 Å². The van der Waals surface area contributed by atoms with Gasteiger partial charge in [-0.15, -0.1) is 0 Å². The van der Waals surface area contributed by atoms with E-state index in [0.29, 0.717) is 11.4 Å². The number of hydrogen-bond donors (Lipinski definition) is 2. The largest absolute Gasteiger partial charge is 0.493 e. The highest BCUT2D eigenvalue weighted by atomic mass is 35.5. The van der Waals surface area contributed by atoms with Gasteiger partial charge in [-0.1, -0.05) is 23.7 Å². The second kappa shape index (κ2) is 6.02. The molecule has 2 aromatic rings. The van der Waals surface area contributed by atoms with Gasteiger partial charge in [0.1, 0.15) is 11.6 Å². The van der Waals surface area contributed by atoms with Gasteiger partial charge in [-0.2, -0.15) is 0 Å². The lowest BCUT2D eigenvalue weighted by molar-refractivity contribution is 0.356. The smallest absolute Gasteiger partial charge is 0.123 e. The normalized spacial score (nSPS) is 14.6. The van der Waals surface area contributed by atoms with Crippen LogP contribution in [0.2, 0.25) is 5.02 Å². The Kier molecular flexibility index (Phi) is 4.10. The van der Waals surface area contributed by atoms with Crippen molar-refractivity contribution in [1.82, 2.24) is 5.43 Å². The van der Waals surface area contributed by atoms with Crippen LogP contribution >= 0.6 is 11.6 Å². The van der Waals surface area contributed by atoms with Gasteiger partial charge >= 0.3 is 0 Å². The molecule has 3 rings (SSSR count). The first-order valence-corrected chi connectivity index (χ1v) is 7.21. The van der Waals surface area contributed by atoms with E-state index in [1.54, 1.807) is 6.07 Å². The molecule has 0 saturated carbocycles. The molecule has 1 unspecified atom stereocenters. The van der Waals surface area contributed by atoms with Crippen LogP contribution < -0.4 is 16.0 Å². The number of halogens is 2. The summed E-state index contributed by atoms with van der Waals surface area (Å²) in [6, 6.07) is 10.2. The Hall–Kier alpha value is -1.62. The maximum atomic E-state index is 13.4. The van der Waals surface area contributed by atoms with Crippen LogP contribution in [-0.4, -0.2) is 6.61 Å². The Balaban J connectivity index is 1.86. The second-order valence-electron chi connectivity index (χ2n) is 5.12. The molecule has 0 radical (unpaired) electrons. The zero-order valence-corrected chi connectivity index (χ0v) is 12.2. The highest BCUT2D eigenvalue weighted by Gasteiger charge is 2.17. The number of ether oxygens (including phenoxy) is 1. The lowest BCUT2D eigenvalue weighted by Crippen LogP contribution is -2.29. The Labute approximate surface area is 127 Å². The quantitative estimate of drug-likeness (QED) is 0.674. The summed E-state index contributed by atoms with van der Waals surface area (Å²) in [6.07, 6.45) is 1.42. The fourth-order valence-electron chi connectivity index (χ4n) is 2.62. The fraction of sp³-hybridized carbons (Fsp3) is 0.250. The minimum absolute atomic E-state index is 0.129.